The van der Waals surface area contributed by atoms with Crippen LogP contribution in [0.15, 0.2) is 66.7 Å². The van der Waals surface area contributed by atoms with Crippen LogP contribution in [-0.2, 0) is 44.5 Å². The molecule has 4 fully saturated rings. The summed E-state index contributed by atoms with van der Waals surface area (Å²) in [7, 11) is 0. The van der Waals surface area contributed by atoms with Gasteiger partial charge in [0.25, 0.3) is 0 Å². The summed E-state index contributed by atoms with van der Waals surface area (Å²) in [6.45, 7) is 27.8. The first-order chi connectivity index (χ1) is 31.7. The standard InChI is InChI=1S/C42H64N2.C16H18N2O4S/c1-29(2)31-11-15-35-33(25-31)13-17-37-39(5,19-9-21-41(35,37)7)27-43-23-24-44-28-40(6)20-10-22-42(8)36-16-12-32(30(3)4)26-34(36)14-18-38(40)42;1-16(2)12(15(21)22)18-13(20)11(14(18)23-16)17-10(19)8-9-6-4-3-5-7-9/h11-12,15-16,25-26,29-30,37-38,43-44H,9-10,13-14,17-24,27-28H2,1-8H3;3-7,11-12,14H,8H2,1-2H3,(H,17,19)(H,21,22)/t37?,38?,39-,40+,41-,42-;11-,12+,14-/m11/s1. The number of carboxylic acids is 1. The maximum absolute atomic E-state index is 12.3. The van der Waals surface area contributed by atoms with Crippen LogP contribution in [0.3, 0.4) is 0 Å². The van der Waals surface area contributed by atoms with Gasteiger partial charge in [-0.1, -0.05) is 135 Å². The van der Waals surface area contributed by atoms with Gasteiger partial charge in [0, 0.05) is 30.9 Å². The number of rotatable bonds is 13. The molecule has 0 bridgehead atoms. The van der Waals surface area contributed by atoms with Gasteiger partial charge in [-0.05, 0) is 149 Å². The van der Waals surface area contributed by atoms with Crippen molar-refractivity contribution < 1.29 is 19.5 Å². The number of benzene rings is 3. The zero-order chi connectivity index (χ0) is 48.1. The quantitative estimate of drug-likeness (QED) is 0.0998. The zero-order valence-corrected chi connectivity index (χ0v) is 43.3. The van der Waals surface area contributed by atoms with Crippen LogP contribution in [0, 0.1) is 22.7 Å². The third-order valence-electron chi connectivity index (χ3n) is 18.1. The Hall–Kier alpha value is -3.66. The largest absolute Gasteiger partial charge is 0.480 e. The maximum Gasteiger partial charge on any atom is 0.327 e. The Labute approximate surface area is 407 Å². The highest BCUT2D eigenvalue weighted by molar-refractivity contribution is 8.01. The molecule has 0 radical (unpaired) electrons. The number of hydrogen-bond acceptors (Lipinski definition) is 6. The summed E-state index contributed by atoms with van der Waals surface area (Å²) >= 11 is 1.42. The summed E-state index contributed by atoms with van der Waals surface area (Å²) in [6.07, 6.45) is 13.6. The van der Waals surface area contributed by atoms with Gasteiger partial charge in [-0.2, -0.15) is 0 Å². The Balaban J connectivity index is 0.000000222. The average Bonchev–Trinajstić information content (AvgIpc) is 3.54. The first-order valence-corrected chi connectivity index (χ1v) is 26.8. The smallest absolute Gasteiger partial charge is 0.327 e. The van der Waals surface area contributed by atoms with Gasteiger partial charge in [0.2, 0.25) is 11.8 Å². The Morgan fingerprint density at radius 3 is 1.67 bits per heavy atom. The van der Waals surface area contributed by atoms with Gasteiger partial charge in [-0.3, -0.25) is 9.59 Å². The number of β-lactam (4-membered cyclic amide) rings is 1. The summed E-state index contributed by atoms with van der Waals surface area (Å²) in [6, 6.07) is 22.8. The van der Waals surface area contributed by atoms with Crippen molar-refractivity contribution in [3.8, 4) is 0 Å². The lowest BCUT2D eigenvalue weighted by atomic mass is 9.49. The van der Waals surface area contributed by atoms with Crippen LogP contribution in [0.25, 0.3) is 0 Å². The van der Waals surface area contributed by atoms with Gasteiger partial charge < -0.3 is 26.0 Å². The molecule has 0 aromatic heterocycles. The predicted molar refractivity (Wildman–Crippen MR) is 275 cm³/mol. The first-order valence-electron chi connectivity index (χ1n) is 25.9. The van der Waals surface area contributed by atoms with Crippen molar-refractivity contribution in [1.29, 1.82) is 0 Å². The van der Waals surface area contributed by atoms with E-state index in [0.717, 1.165) is 43.6 Å². The number of amides is 2. The molecule has 8 nitrogen and oxygen atoms in total. The van der Waals surface area contributed by atoms with Crippen molar-refractivity contribution in [2.75, 3.05) is 26.2 Å². The number of aliphatic carboxylic acids is 1. The molecule has 2 aliphatic heterocycles. The van der Waals surface area contributed by atoms with Gasteiger partial charge >= 0.3 is 5.97 Å². The lowest BCUT2D eigenvalue weighted by Crippen LogP contribution is -2.70. The van der Waals surface area contributed by atoms with Crippen LogP contribution in [0.4, 0.5) is 0 Å². The van der Waals surface area contributed by atoms with Crippen LogP contribution in [-0.4, -0.2) is 76.2 Å². The Morgan fingerprint density at radius 2 is 1.21 bits per heavy atom. The molecule has 2 amide bonds. The fraction of sp³-hybridized carbons (Fsp3) is 0.638. The molecule has 2 heterocycles. The van der Waals surface area contributed by atoms with Crippen molar-refractivity contribution >= 4 is 29.5 Å². The van der Waals surface area contributed by atoms with E-state index < -0.39 is 22.8 Å². The number of aryl methyl sites for hydroxylation is 2. The molecule has 2 saturated heterocycles. The highest BCUT2D eigenvalue weighted by Crippen LogP contribution is 2.59. The van der Waals surface area contributed by atoms with Crippen LogP contribution >= 0.6 is 11.8 Å². The number of nitrogens with zero attached hydrogens (tertiary/aromatic N) is 1. The molecule has 67 heavy (non-hydrogen) atoms. The Kier molecular flexibility index (Phi) is 14.3. The van der Waals surface area contributed by atoms with Crippen LogP contribution in [0.1, 0.15) is 171 Å². The van der Waals surface area contributed by atoms with Crippen molar-refractivity contribution in [2.24, 2.45) is 22.7 Å². The number of thioether (sulfide) groups is 1. The number of carbonyl (C=O) groups excluding carboxylic acids is 2. The van der Waals surface area contributed by atoms with E-state index in [4.69, 9.17) is 0 Å². The molecule has 3 aromatic rings. The monoisotopic (exact) mass is 931 g/mol. The number of fused-ring (bicyclic) bond motifs is 7. The van der Waals surface area contributed by atoms with Crippen LogP contribution in [0.5, 0.6) is 0 Å². The van der Waals surface area contributed by atoms with Crippen LogP contribution < -0.4 is 16.0 Å². The molecule has 4 N–H and O–H groups in total. The number of nitrogens with one attached hydrogen (secondary N) is 3. The minimum atomic E-state index is -1.01. The molecule has 4 aliphatic carbocycles. The SMILES string of the molecule is CC(C)c1ccc2c(c1)CCC1[C@](C)(CNCCNC[C@@]3(C)CCC[C@]4(C)c5ccc(C(C)C)cc5CCC34)CCC[C@]21C.CC1(C)S[C@@H]2[C@H](NC(=O)Cc3ccccc3)C(=O)N2[C@H]1C(=O)O. The molecule has 9 heteroatoms. The van der Waals surface area contributed by atoms with Crippen LogP contribution in [0.2, 0.25) is 0 Å². The Morgan fingerprint density at radius 1 is 0.716 bits per heavy atom. The van der Waals surface area contributed by atoms with E-state index in [1.807, 2.05) is 44.2 Å². The minimum Gasteiger partial charge on any atom is -0.480 e. The summed E-state index contributed by atoms with van der Waals surface area (Å²) in [5, 5.41) is 19.7. The normalized spacial score (nSPS) is 32.4. The molecule has 2 unspecified atom stereocenters. The number of carbonyl (C=O) groups is 3. The minimum absolute atomic E-state index is 0.202. The third kappa shape index (κ3) is 9.53. The van der Waals surface area contributed by atoms with E-state index in [2.05, 4.69) is 108 Å². The average molecular weight is 931 g/mol. The lowest BCUT2D eigenvalue weighted by Gasteiger charge is -2.56. The Bertz CT molecular complexity index is 2190. The molecule has 9 rings (SSSR count). The second-order valence-corrected chi connectivity index (χ2v) is 25.6. The van der Waals surface area contributed by atoms with Crippen molar-refractivity contribution in [3.63, 3.8) is 0 Å². The van der Waals surface area contributed by atoms with E-state index >= 15 is 0 Å². The highest BCUT2D eigenvalue weighted by atomic mass is 32.2. The molecule has 364 valence electrons. The van der Waals surface area contributed by atoms with Crippen molar-refractivity contribution in [2.45, 2.75) is 185 Å². The molecular weight excluding hydrogens is 849 g/mol. The highest BCUT2D eigenvalue weighted by Gasteiger charge is 2.64. The van der Waals surface area contributed by atoms with Gasteiger partial charge in [0.15, 0.2) is 0 Å². The lowest BCUT2D eigenvalue weighted by molar-refractivity contribution is -0.161. The topological polar surface area (TPSA) is 111 Å². The second-order valence-electron chi connectivity index (χ2n) is 23.8. The molecule has 9 atom stereocenters. The first kappa shape index (κ1) is 49.8. The van der Waals surface area contributed by atoms with E-state index in [9.17, 15) is 19.5 Å². The summed E-state index contributed by atoms with van der Waals surface area (Å²) in [5.74, 6) is 1.21. The van der Waals surface area contributed by atoms with Crippen molar-refractivity contribution in [1.82, 2.24) is 20.9 Å². The summed E-state index contributed by atoms with van der Waals surface area (Å²) in [5.41, 5.74) is 11.9. The fourth-order valence-corrected chi connectivity index (χ4v) is 16.1. The zero-order valence-electron chi connectivity index (χ0n) is 42.5. The molecule has 0 spiro atoms. The molecule has 2 saturated carbocycles. The number of carboxylic acid groups (broad SMARTS) is 1. The third-order valence-corrected chi connectivity index (χ3v) is 19.6. The second kappa shape index (κ2) is 19.3. The van der Waals surface area contributed by atoms with E-state index in [-0.39, 0.29) is 23.6 Å². The summed E-state index contributed by atoms with van der Waals surface area (Å²) < 4.78 is -0.578. The molecule has 6 aliphatic rings. The predicted octanol–water partition coefficient (Wildman–Crippen LogP) is 10.7. The van der Waals surface area contributed by atoms with Gasteiger partial charge in [-0.25, -0.2) is 4.79 Å². The van der Waals surface area contributed by atoms with Gasteiger partial charge in [-0.15, -0.1) is 11.8 Å². The van der Waals surface area contributed by atoms with E-state index in [0.29, 0.717) is 33.5 Å². The molecular formula is C58H82N4O4S. The summed E-state index contributed by atoms with van der Waals surface area (Å²) in [4.78, 5) is 37.2. The van der Waals surface area contributed by atoms with Gasteiger partial charge in [0.1, 0.15) is 17.5 Å². The molecule has 3 aromatic carbocycles. The maximum atomic E-state index is 12.3. The fourth-order valence-electron chi connectivity index (χ4n) is 14.5. The number of hydrogen-bond donors (Lipinski definition) is 4. The van der Waals surface area contributed by atoms with Crippen molar-refractivity contribution in [3.05, 3.63) is 106 Å². The van der Waals surface area contributed by atoms with E-state index in [1.54, 1.807) is 22.3 Å². The van der Waals surface area contributed by atoms with E-state index in [1.165, 1.54) is 92.0 Å². The van der Waals surface area contributed by atoms with Gasteiger partial charge in [0.05, 0.1) is 6.42 Å².